The van der Waals surface area contributed by atoms with Gasteiger partial charge in [0.1, 0.15) is 5.82 Å². The Morgan fingerprint density at radius 2 is 2.06 bits per heavy atom. The van der Waals surface area contributed by atoms with Crippen molar-refractivity contribution < 1.29 is 14.3 Å². The number of aliphatic hydroxyl groups excluding tert-OH is 1. The van der Waals surface area contributed by atoms with Gasteiger partial charge in [-0.1, -0.05) is 0 Å². The maximum absolute atomic E-state index is 13.0. The Bertz CT molecular complexity index is 363. The number of nitrogen functional groups attached to an aromatic ring is 1. The molecule has 1 amide bonds. The van der Waals surface area contributed by atoms with Gasteiger partial charge in [-0.3, -0.25) is 4.79 Å². The van der Waals surface area contributed by atoms with E-state index in [9.17, 15) is 9.18 Å². The molecule has 0 fully saturated rings. The molecule has 17 heavy (non-hydrogen) atoms. The van der Waals surface area contributed by atoms with Gasteiger partial charge in [-0.25, -0.2) is 4.39 Å². The number of carbonyl (C=O) groups excluding carboxylic acids is 1. The Morgan fingerprint density at radius 1 is 1.29 bits per heavy atom. The molecule has 4 N–H and O–H groups in total. The van der Waals surface area contributed by atoms with Gasteiger partial charge < -0.3 is 16.2 Å². The topological polar surface area (TPSA) is 75.4 Å². The van der Waals surface area contributed by atoms with Gasteiger partial charge >= 0.3 is 0 Å². The Morgan fingerprint density at radius 3 is 2.71 bits per heavy atom. The van der Waals surface area contributed by atoms with Crippen LogP contribution in [0, 0.1) is 5.82 Å². The molecule has 0 atom stereocenters. The van der Waals surface area contributed by atoms with Crippen LogP contribution < -0.4 is 11.1 Å². The third-order valence-electron chi connectivity index (χ3n) is 2.30. The molecule has 0 radical (unpaired) electrons. The lowest BCUT2D eigenvalue weighted by atomic mass is 10.1. The molecule has 0 aliphatic heterocycles. The summed E-state index contributed by atoms with van der Waals surface area (Å²) in [5, 5.41) is 11.2. The average Bonchev–Trinajstić information content (AvgIpc) is 2.27. The summed E-state index contributed by atoms with van der Waals surface area (Å²) in [6.45, 7) is 0.670. The van der Waals surface area contributed by atoms with Gasteiger partial charge in [-0.15, -0.1) is 0 Å². The highest BCUT2D eigenvalue weighted by Gasteiger charge is 2.07. The summed E-state index contributed by atoms with van der Waals surface area (Å²) in [4.78, 5) is 11.6. The Labute approximate surface area is 99.6 Å². The number of hydrogen-bond donors (Lipinski definition) is 3. The zero-order valence-corrected chi connectivity index (χ0v) is 9.58. The van der Waals surface area contributed by atoms with E-state index in [-0.39, 0.29) is 23.8 Å². The molecule has 1 aromatic carbocycles. The van der Waals surface area contributed by atoms with Crippen LogP contribution in [-0.2, 0) is 0 Å². The van der Waals surface area contributed by atoms with E-state index in [1.807, 2.05) is 0 Å². The van der Waals surface area contributed by atoms with E-state index >= 15 is 0 Å². The van der Waals surface area contributed by atoms with Crippen molar-refractivity contribution in [3.8, 4) is 0 Å². The number of rotatable bonds is 6. The predicted molar refractivity (Wildman–Crippen MR) is 64.1 cm³/mol. The molecule has 0 spiro atoms. The van der Waals surface area contributed by atoms with Crippen LogP contribution in [0.4, 0.5) is 10.1 Å². The van der Waals surface area contributed by atoms with Crippen molar-refractivity contribution in [2.75, 3.05) is 18.9 Å². The fraction of sp³-hybridized carbons (Fsp3) is 0.417. The maximum Gasteiger partial charge on any atom is 0.251 e. The lowest BCUT2D eigenvalue weighted by molar-refractivity contribution is 0.0952. The maximum atomic E-state index is 13.0. The number of halogens is 1. The van der Waals surface area contributed by atoms with Crippen LogP contribution in [0.15, 0.2) is 18.2 Å². The minimum atomic E-state index is -0.518. The van der Waals surface area contributed by atoms with E-state index in [2.05, 4.69) is 5.32 Å². The summed E-state index contributed by atoms with van der Waals surface area (Å²) in [5.41, 5.74) is 5.90. The quantitative estimate of drug-likeness (QED) is 0.518. The number of benzene rings is 1. The third kappa shape index (κ3) is 4.82. The molecule has 1 aromatic rings. The molecule has 0 saturated heterocycles. The van der Waals surface area contributed by atoms with Crippen LogP contribution in [0.2, 0.25) is 0 Å². The minimum absolute atomic E-state index is 0.161. The normalized spacial score (nSPS) is 10.2. The lowest BCUT2D eigenvalue weighted by Crippen LogP contribution is -2.24. The van der Waals surface area contributed by atoms with Gasteiger partial charge in [0.15, 0.2) is 0 Å². The number of hydrogen-bond acceptors (Lipinski definition) is 3. The van der Waals surface area contributed by atoms with Crippen molar-refractivity contribution in [2.24, 2.45) is 0 Å². The van der Waals surface area contributed by atoms with Crippen molar-refractivity contribution in [2.45, 2.75) is 19.3 Å². The number of amides is 1. The van der Waals surface area contributed by atoms with Crippen LogP contribution in [0.5, 0.6) is 0 Å². The number of aliphatic hydroxyl groups is 1. The summed E-state index contributed by atoms with van der Waals surface area (Å²) >= 11 is 0. The highest BCUT2D eigenvalue weighted by Crippen LogP contribution is 2.10. The van der Waals surface area contributed by atoms with Crippen LogP contribution in [0.25, 0.3) is 0 Å². The van der Waals surface area contributed by atoms with Crippen molar-refractivity contribution in [3.63, 3.8) is 0 Å². The zero-order valence-electron chi connectivity index (χ0n) is 9.58. The molecule has 0 unspecified atom stereocenters. The molecular formula is C12H17FN2O2. The molecule has 94 valence electrons. The molecule has 5 heteroatoms. The molecule has 0 saturated carbocycles. The highest BCUT2D eigenvalue weighted by atomic mass is 19.1. The van der Waals surface area contributed by atoms with Gasteiger partial charge in [-0.2, -0.15) is 0 Å². The molecule has 4 nitrogen and oxygen atoms in total. The number of nitrogens with two attached hydrogens (primary N) is 1. The summed E-state index contributed by atoms with van der Waals surface area (Å²) in [6.07, 6.45) is 2.36. The van der Waals surface area contributed by atoms with Crippen molar-refractivity contribution in [3.05, 3.63) is 29.6 Å². The second-order valence-electron chi connectivity index (χ2n) is 3.81. The van der Waals surface area contributed by atoms with E-state index in [4.69, 9.17) is 10.8 Å². The average molecular weight is 240 g/mol. The van der Waals surface area contributed by atoms with Crippen LogP contribution in [0.3, 0.4) is 0 Å². The SMILES string of the molecule is Nc1cc(F)cc(C(=O)NCCCCCO)c1. The van der Waals surface area contributed by atoms with E-state index in [0.29, 0.717) is 6.54 Å². The van der Waals surface area contributed by atoms with Crippen LogP contribution in [0.1, 0.15) is 29.6 Å². The van der Waals surface area contributed by atoms with E-state index < -0.39 is 5.82 Å². The first-order valence-corrected chi connectivity index (χ1v) is 5.58. The summed E-state index contributed by atoms with van der Waals surface area (Å²) in [6, 6.07) is 3.75. The van der Waals surface area contributed by atoms with Crippen molar-refractivity contribution in [1.29, 1.82) is 0 Å². The van der Waals surface area contributed by atoms with E-state index in [1.165, 1.54) is 6.07 Å². The van der Waals surface area contributed by atoms with E-state index in [0.717, 1.165) is 31.4 Å². The monoisotopic (exact) mass is 240 g/mol. The predicted octanol–water partition coefficient (Wildman–Crippen LogP) is 1.30. The Hall–Kier alpha value is -1.62. The van der Waals surface area contributed by atoms with E-state index in [1.54, 1.807) is 0 Å². The molecular weight excluding hydrogens is 223 g/mol. The molecule has 0 aromatic heterocycles. The number of anilines is 1. The largest absolute Gasteiger partial charge is 0.399 e. The van der Waals surface area contributed by atoms with Gasteiger partial charge in [0.05, 0.1) is 0 Å². The van der Waals surface area contributed by atoms with Gasteiger partial charge in [0, 0.05) is 24.4 Å². The van der Waals surface area contributed by atoms with Crippen molar-refractivity contribution in [1.82, 2.24) is 5.32 Å². The third-order valence-corrected chi connectivity index (χ3v) is 2.30. The Kier molecular flexibility index (Phi) is 5.42. The first-order chi connectivity index (χ1) is 8.13. The number of carbonyl (C=O) groups is 1. The van der Waals surface area contributed by atoms with Gasteiger partial charge in [-0.05, 0) is 37.5 Å². The van der Waals surface area contributed by atoms with Gasteiger partial charge in [0.2, 0.25) is 0 Å². The lowest BCUT2D eigenvalue weighted by Gasteiger charge is -2.05. The fourth-order valence-corrected chi connectivity index (χ4v) is 1.46. The summed E-state index contributed by atoms with van der Waals surface area (Å²) in [7, 11) is 0. The van der Waals surface area contributed by atoms with Gasteiger partial charge in [0.25, 0.3) is 5.91 Å². The first kappa shape index (κ1) is 13.4. The molecule has 0 aliphatic carbocycles. The molecule has 0 bridgehead atoms. The molecule has 0 aliphatic rings. The zero-order chi connectivity index (χ0) is 12.7. The second kappa shape index (κ2) is 6.85. The smallest absolute Gasteiger partial charge is 0.251 e. The number of nitrogens with one attached hydrogen (secondary N) is 1. The Balaban J connectivity index is 2.41. The molecule has 1 rings (SSSR count). The summed E-state index contributed by atoms with van der Waals surface area (Å²) < 4.78 is 13.0. The standard InChI is InChI=1S/C12H17FN2O2/c13-10-6-9(7-11(14)8-10)12(17)15-4-2-1-3-5-16/h6-8,16H,1-5,14H2,(H,15,17). The van der Waals surface area contributed by atoms with Crippen LogP contribution >= 0.6 is 0 Å². The highest BCUT2D eigenvalue weighted by molar-refractivity contribution is 5.95. The summed E-state index contributed by atoms with van der Waals surface area (Å²) in [5.74, 6) is -0.851. The molecule has 0 heterocycles. The second-order valence-corrected chi connectivity index (χ2v) is 3.81. The van der Waals surface area contributed by atoms with Crippen molar-refractivity contribution >= 4 is 11.6 Å². The number of unbranched alkanes of at least 4 members (excludes halogenated alkanes) is 2. The van der Waals surface area contributed by atoms with Crippen LogP contribution in [-0.4, -0.2) is 24.2 Å². The first-order valence-electron chi connectivity index (χ1n) is 5.58. The minimum Gasteiger partial charge on any atom is -0.399 e. The fourth-order valence-electron chi connectivity index (χ4n) is 1.46.